The van der Waals surface area contributed by atoms with Crippen molar-refractivity contribution in [1.29, 1.82) is 0 Å². The van der Waals surface area contributed by atoms with Crippen molar-refractivity contribution >= 4 is 23.9 Å². The van der Waals surface area contributed by atoms with E-state index in [2.05, 4.69) is 0 Å². The van der Waals surface area contributed by atoms with E-state index in [0.29, 0.717) is 0 Å². The van der Waals surface area contributed by atoms with Gasteiger partial charge in [0.15, 0.2) is 0 Å². The van der Waals surface area contributed by atoms with Gasteiger partial charge in [-0.2, -0.15) is 0 Å². The Morgan fingerprint density at radius 1 is 0.480 bits per heavy atom. The fourth-order valence-corrected chi connectivity index (χ4v) is 1.71. The SMILES string of the molecule is O=C(O)c1ccccc1C(=O)O.O=C(O)c1ccccc1C(=O)O.[Hf]. The molecule has 2 rings (SSSR count). The van der Waals surface area contributed by atoms with Crippen molar-refractivity contribution in [3.8, 4) is 0 Å². The number of benzene rings is 2. The van der Waals surface area contributed by atoms with Gasteiger partial charge >= 0.3 is 23.9 Å². The topological polar surface area (TPSA) is 149 Å². The van der Waals surface area contributed by atoms with Crippen molar-refractivity contribution in [2.24, 2.45) is 0 Å². The maximum Gasteiger partial charge on any atom is 0.336 e. The predicted octanol–water partition coefficient (Wildman–Crippen LogP) is 2.16. The van der Waals surface area contributed by atoms with E-state index in [-0.39, 0.29) is 48.1 Å². The Morgan fingerprint density at radius 2 is 0.640 bits per heavy atom. The molecule has 0 heterocycles. The molecule has 0 fully saturated rings. The van der Waals surface area contributed by atoms with Crippen LogP contribution in [0.2, 0.25) is 0 Å². The molecule has 128 valence electrons. The average molecular weight is 511 g/mol. The van der Waals surface area contributed by atoms with Crippen LogP contribution in [0.25, 0.3) is 0 Å². The summed E-state index contributed by atoms with van der Waals surface area (Å²) in [5, 5.41) is 34.2. The maximum atomic E-state index is 10.5. The summed E-state index contributed by atoms with van der Waals surface area (Å²) in [7, 11) is 0. The number of aromatic carboxylic acids is 4. The number of hydrogen-bond acceptors (Lipinski definition) is 4. The van der Waals surface area contributed by atoms with Gasteiger partial charge in [0.25, 0.3) is 0 Å². The van der Waals surface area contributed by atoms with Gasteiger partial charge in [-0.3, -0.25) is 0 Å². The molecule has 0 aliphatic heterocycles. The van der Waals surface area contributed by atoms with Gasteiger partial charge in [0.2, 0.25) is 0 Å². The van der Waals surface area contributed by atoms with Crippen molar-refractivity contribution in [1.82, 2.24) is 0 Å². The molecule has 8 nitrogen and oxygen atoms in total. The minimum Gasteiger partial charge on any atom is -0.478 e. The normalized spacial score (nSPS) is 8.96. The zero-order valence-electron chi connectivity index (χ0n) is 12.5. The van der Waals surface area contributed by atoms with Crippen LogP contribution < -0.4 is 0 Å². The second-order valence-corrected chi connectivity index (χ2v) is 4.31. The number of carbonyl (C=O) groups is 4. The second-order valence-electron chi connectivity index (χ2n) is 4.31. The van der Waals surface area contributed by atoms with E-state index in [1.165, 1.54) is 48.5 Å². The van der Waals surface area contributed by atoms with Crippen LogP contribution in [-0.2, 0) is 25.8 Å². The number of hydrogen-bond donors (Lipinski definition) is 4. The molecule has 2 aromatic rings. The first kappa shape index (κ1) is 22.2. The van der Waals surface area contributed by atoms with Gasteiger partial charge in [-0.25, -0.2) is 19.2 Å². The van der Waals surface area contributed by atoms with E-state index < -0.39 is 23.9 Å². The molecule has 0 amide bonds. The molecule has 0 atom stereocenters. The van der Waals surface area contributed by atoms with Crippen molar-refractivity contribution in [2.75, 3.05) is 0 Å². The molecule has 0 aliphatic rings. The Hall–Kier alpha value is -2.81. The fourth-order valence-electron chi connectivity index (χ4n) is 1.71. The summed E-state index contributed by atoms with van der Waals surface area (Å²) in [5.74, 6) is -4.91. The number of carboxylic acid groups (broad SMARTS) is 4. The molecule has 0 aliphatic carbocycles. The molecule has 0 spiro atoms. The molecule has 0 aromatic heterocycles. The third kappa shape index (κ3) is 6.30. The predicted molar refractivity (Wildman–Crippen MR) is 80.7 cm³/mol. The third-order valence-electron chi connectivity index (χ3n) is 2.78. The first-order valence-electron chi connectivity index (χ1n) is 6.37. The Labute approximate surface area is 160 Å². The van der Waals surface area contributed by atoms with Crippen LogP contribution in [-0.4, -0.2) is 44.3 Å². The van der Waals surface area contributed by atoms with E-state index in [4.69, 9.17) is 20.4 Å². The largest absolute Gasteiger partial charge is 0.478 e. The molecule has 0 unspecified atom stereocenters. The zero-order valence-corrected chi connectivity index (χ0v) is 16.1. The summed E-state index contributed by atoms with van der Waals surface area (Å²) in [5.41, 5.74) is -0.759. The monoisotopic (exact) mass is 512 g/mol. The molecule has 0 saturated heterocycles. The molecule has 0 bridgehead atoms. The standard InChI is InChI=1S/2C8H6O4.Hf/c2*9-7(10)5-3-1-2-4-6(5)8(11)12;/h2*1-4H,(H,9,10)(H,11,12);. The number of rotatable bonds is 4. The summed E-state index contributed by atoms with van der Waals surface area (Å²) < 4.78 is 0. The van der Waals surface area contributed by atoms with Crippen molar-refractivity contribution < 1.29 is 65.4 Å². The minimum absolute atomic E-state index is 0. The molecule has 0 radical (unpaired) electrons. The Balaban J connectivity index is 0.000000443. The molecular weight excluding hydrogens is 499 g/mol. The van der Waals surface area contributed by atoms with Gasteiger partial charge in [0.05, 0.1) is 22.3 Å². The molecule has 2 aromatic carbocycles. The van der Waals surface area contributed by atoms with Crippen LogP contribution in [0, 0.1) is 0 Å². The van der Waals surface area contributed by atoms with Crippen LogP contribution in [0.15, 0.2) is 48.5 Å². The van der Waals surface area contributed by atoms with Crippen molar-refractivity contribution in [2.45, 2.75) is 0 Å². The minimum atomic E-state index is -1.23. The summed E-state index contributed by atoms with van der Waals surface area (Å²) in [4.78, 5) is 41.9. The van der Waals surface area contributed by atoms with E-state index in [1.54, 1.807) is 0 Å². The summed E-state index contributed by atoms with van der Waals surface area (Å²) in [6.45, 7) is 0. The van der Waals surface area contributed by atoms with E-state index in [0.717, 1.165) is 0 Å². The zero-order chi connectivity index (χ0) is 18.3. The molecule has 9 heteroatoms. The average Bonchev–Trinajstić information content (AvgIpc) is 2.55. The third-order valence-corrected chi connectivity index (χ3v) is 2.78. The first-order chi connectivity index (χ1) is 11.3. The van der Waals surface area contributed by atoms with Crippen LogP contribution >= 0.6 is 0 Å². The molecule has 4 N–H and O–H groups in total. The van der Waals surface area contributed by atoms with Crippen molar-refractivity contribution in [3.05, 3.63) is 70.8 Å². The molecular formula is C16H12HfO8. The van der Waals surface area contributed by atoms with E-state index in [1.807, 2.05) is 0 Å². The Morgan fingerprint density at radius 3 is 0.760 bits per heavy atom. The summed E-state index contributed by atoms with van der Waals surface area (Å²) in [6.07, 6.45) is 0. The Kier molecular flexibility index (Phi) is 9.00. The summed E-state index contributed by atoms with van der Waals surface area (Å²) >= 11 is 0. The summed E-state index contributed by atoms with van der Waals surface area (Å²) in [6, 6.07) is 11.0. The van der Waals surface area contributed by atoms with Crippen LogP contribution in [0.5, 0.6) is 0 Å². The van der Waals surface area contributed by atoms with Gasteiger partial charge in [0.1, 0.15) is 0 Å². The maximum absolute atomic E-state index is 10.5. The van der Waals surface area contributed by atoms with Gasteiger partial charge < -0.3 is 20.4 Å². The van der Waals surface area contributed by atoms with Crippen LogP contribution in [0.4, 0.5) is 0 Å². The van der Waals surface area contributed by atoms with Crippen LogP contribution in [0.1, 0.15) is 41.4 Å². The van der Waals surface area contributed by atoms with E-state index in [9.17, 15) is 19.2 Å². The van der Waals surface area contributed by atoms with Gasteiger partial charge in [-0.15, -0.1) is 0 Å². The van der Waals surface area contributed by atoms with Gasteiger partial charge in [-0.1, -0.05) is 24.3 Å². The van der Waals surface area contributed by atoms with Gasteiger partial charge in [-0.05, 0) is 24.3 Å². The molecule has 25 heavy (non-hydrogen) atoms. The molecule has 0 saturated carbocycles. The van der Waals surface area contributed by atoms with Crippen LogP contribution in [0.3, 0.4) is 0 Å². The quantitative estimate of drug-likeness (QED) is 0.457. The van der Waals surface area contributed by atoms with E-state index >= 15 is 0 Å². The number of carboxylic acids is 4. The van der Waals surface area contributed by atoms with Crippen molar-refractivity contribution in [3.63, 3.8) is 0 Å². The second kappa shape index (κ2) is 10.1. The smallest absolute Gasteiger partial charge is 0.336 e. The van der Waals surface area contributed by atoms with Gasteiger partial charge in [0, 0.05) is 25.8 Å². The first-order valence-corrected chi connectivity index (χ1v) is 6.37. The fraction of sp³-hybridized carbons (Fsp3) is 0. The Bertz CT molecular complexity index is 667.